The van der Waals surface area contributed by atoms with E-state index in [0.29, 0.717) is 11.5 Å². The molecule has 8 heteroatoms. The summed E-state index contributed by atoms with van der Waals surface area (Å²) in [5.74, 6) is -1.99. The van der Waals surface area contributed by atoms with Crippen LogP contribution in [-0.4, -0.2) is 47.2 Å². The minimum absolute atomic E-state index is 0.195. The van der Waals surface area contributed by atoms with E-state index >= 15 is 0 Å². The largest absolute Gasteiger partial charge is 0.479 e. The topological polar surface area (TPSA) is 105 Å². The summed E-state index contributed by atoms with van der Waals surface area (Å²) in [6.07, 6.45) is -0.0505. The van der Waals surface area contributed by atoms with E-state index in [9.17, 15) is 19.5 Å². The number of hydrogen-bond acceptors (Lipinski definition) is 5. The van der Waals surface area contributed by atoms with E-state index in [1.165, 1.54) is 18.3 Å². The van der Waals surface area contributed by atoms with Crippen LogP contribution in [0.1, 0.15) is 43.8 Å². The van der Waals surface area contributed by atoms with Crippen molar-refractivity contribution in [3.63, 3.8) is 0 Å². The van der Waals surface area contributed by atoms with Gasteiger partial charge in [0.15, 0.2) is 0 Å². The van der Waals surface area contributed by atoms with Gasteiger partial charge in [-0.15, -0.1) is 11.3 Å². The zero-order valence-corrected chi connectivity index (χ0v) is 15.6. The van der Waals surface area contributed by atoms with Crippen molar-refractivity contribution in [1.29, 1.82) is 0 Å². The molecule has 1 fully saturated rings. The summed E-state index contributed by atoms with van der Waals surface area (Å²) in [6.45, 7) is 7.38. The van der Waals surface area contributed by atoms with Gasteiger partial charge in [-0.1, -0.05) is 19.9 Å². The lowest BCUT2D eigenvalue weighted by Crippen LogP contribution is -2.77. The van der Waals surface area contributed by atoms with E-state index in [-0.39, 0.29) is 18.4 Å². The average Bonchev–Trinajstić information content (AvgIpc) is 3.07. The number of hydrogen-bond donors (Lipinski definition) is 3. The number of carboxylic acids is 1. The van der Waals surface area contributed by atoms with Gasteiger partial charge in [0, 0.05) is 18.4 Å². The van der Waals surface area contributed by atoms with Gasteiger partial charge < -0.3 is 20.5 Å². The highest BCUT2D eigenvalue weighted by atomic mass is 32.1. The normalized spacial score (nSPS) is 25.5. The fourth-order valence-electron chi connectivity index (χ4n) is 3.10. The lowest BCUT2D eigenvalue weighted by atomic mass is 9.54. The van der Waals surface area contributed by atoms with Gasteiger partial charge in [0.2, 0.25) is 5.91 Å². The number of amides is 2. The fourth-order valence-corrected chi connectivity index (χ4v) is 3.72. The molecule has 1 aliphatic rings. The molecular formula is C17H24N2O5S. The number of nitrogens with one attached hydrogen (secondary N) is 2. The molecule has 1 aromatic rings. The molecule has 1 heterocycles. The summed E-state index contributed by atoms with van der Waals surface area (Å²) in [6, 6.07) is 2.55. The maximum Gasteiger partial charge on any atom is 0.330 e. The Hall–Kier alpha value is -1.93. The Kier molecular flexibility index (Phi) is 5.53. The standard InChI is InChI=1S/C17H24N2O5S/c1-5-24-12-9-17(15(22)23,16(12,3)4)19-13(20)10(2)18-14(21)11-7-6-8-25-11/h6-8,10,12H,5,9H2,1-4H3,(H,18,21)(H,19,20)(H,22,23). The zero-order valence-electron chi connectivity index (χ0n) is 14.8. The van der Waals surface area contributed by atoms with Crippen molar-refractivity contribution >= 4 is 29.1 Å². The minimum Gasteiger partial charge on any atom is -0.479 e. The lowest BCUT2D eigenvalue weighted by Gasteiger charge is -2.58. The van der Waals surface area contributed by atoms with Crippen molar-refractivity contribution < 1.29 is 24.2 Å². The number of carbonyl (C=O) groups is 3. The summed E-state index contributed by atoms with van der Waals surface area (Å²) in [7, 11) is 0. The zero-order chi connectivity index (χ0) is 18.8. The van der Waals surface area contributed by atoms with Crippen LogP contribution in [-0.2, 0) is 14.3 Å². The predicted octanol–water partition coefficient (Wildman–Crippen LogP) is 1.64. The van der Waals surface area contributed by atoms with Crippen LogP contribution in [0, 0.1) is 5.41 Å². The SMILES string of the molecule is CCOC1CC(NC(=O)C(C)NC(=O)c2cccs2)(C(=O)O)C1(C)C. The number of thiophene rings is 1. The quantitative estimate of drug-likeness (QED) is 0.679. The Morgan fingerprint density at radius 1 is 1.44 bits per heavy atom. The Morgan fingerprint density at radius 2 is 2.12 bits per heavy atom. The van der Waals surface area contributed by atoms with Crippen molar-refractivity contribution in [2.75, 3.05) is 6.61 Å². The van der Waals surface area contributed by atoms with Gasteiger partial charge in [-0.05, 0) is 25.3 Å². The van der Waals surface area contributed by atoms with Crippen LogP contribution in [0.4, 0.5) is 0 Å². The summed E-state index contributed by atoms with van der Waals surface area (Å²) >= 11 is 1.27. The summed E-state index contributed by atoms with van der Waals surface area (Å²) in [5, 5.41) is 16.7. The van der Waals surface area contributed by atoms with Gasteiger partial charge in [-0.3, -0.25) is 9.59 Å². The Balaban J connectivity index is 2.06. The van der Waals surface area contributed by atoms with Crippen LogP contribution in [0.2, 0.25) is 0 Å². The van der Waals surface area contributed by atoms with Crippen LogP contribution in [0.5, 0.6) is 0 Å². The maximum atomic E-state index is 12.5. The molecule has 138 valence electrons. The van der Waals surface area contributed by atoms with E-state index in [2.05, 4.69) is 10.6 Å². The van der Waals surface area contributed by atoms with Crippen molar-refractivity contribution in [3.8, 4) is 0 Å². The van der Waals surface area contributed by atoms with Gasteiger partial charge in [0.1, 0.15) is 11.6 Å². The van der Waals surface area contributed by atoms with Crippen molar-refractivity contribution in [3.05, 3.63) is 22.4 Å². The lowest BCUT2D eigenvalue weighted by molar-refractivity contribution is -0.194. The molecule has 3 unspecified atom stereocenters. The van der Waals surface area contributed by atoms with Crippen molar-refractivity contribution in [2.24, 2.45) is 5.41 Å². The van der Waals surface area contributed by atoms with Crippen LogP contribution < -0.4 is 10.6 Å². The smallest absolute Gasteiger partial charge is 0.330 e. The minimum atomic E-state index is -1.41. The monoisotopic (exact) mass is 368 g/mol. The predicted molar refractivity (Wildman–Crippen MR) is 93.6 cm³/mol. The average molecular weight is 368 g/mol. The fraction of sp³-hybridized carbons (Fsp3) is 0.588. The van der Waals surface area contributed by atoms with Crippen LogP contribution in [0.3, 0.4) is 0 Å². The molecule has 3 atom stereocenters. The first kappa shape index (κ1) is 19.4. The molecular weight excluding hydrogens is 344 g/mol. The van der Waals surface area contributed by atoms with Gasteiger partial charge in [-0.25, -0.2) is 4.79 Å². The molecule has 0 aliphatic heterocycles. The molecule has 1 saturated carbocycles. The van der Waals surface area contributed by atoms with Gasteiger partial charge in [0.25, 0.3) is 5.91 Å². The van der Waals surface area contributed by atoms with E-state index in [1.54, 1.807) is 31.4 Å². The molecule has 0 radical (unpaired) electrons. The van der Waals surface area contributed by atoms with E-state index in [1.807, 2.05) is 6.92 Å². The third-order valence-corrected chi connectivity index (χ3v) is 5.82. The summed E-state index contributed by atoms with van der Waals surface area (Å²) in [4.78, 5) is 36.9. The summed E-state index contributed by atoms with van der Waals surface area (Å²) in [5.41, 5.74) is -2.17. The van der Waals surface area contributed by atoms with E-state index in [4.69, 9.17) is 4.74 Å². The van der Waals surface area contributed by atoms with Crippen LogP contribution in [0.25, 0.3) is 0 Å². The molecule has 0 bridgehead atoms. The number of carbonyl (C=O) groups excluding carboxylic acids is 2. The van der Waals surface area contributed by atoms with Gasteiger partial charge in [0.05, 0.1) is 11.0 Å². The van der Waals surface area contributed by atoms with Gasteiger partial charge >= 0.3 is 5.97 Å². The molecule has 7 nitrogen and oxygen atoms in total. The molecule has 0 spiro atoms. The third kappa shape index (κ3) is 3.41. The molecule has 25 heavy (non-hydrogen) atoms. The second-order valence-electron chi connectivity index (χ2n) is 6.74. The van der Waals surface area contributed by atoms with Crippen molar-refractivity contribution in [1.82, 2.24) is 10.6 Å². The second kappa shape index (κ2) is 7.13. The van der Waals surface area contributed by atoms with Crippen LogP contribution >= 0.6 is 11.3 Å². The molecule has 0 aromatic carbocycles. The molecule has 2 rings (SSSR count). The first-order valence-electron chi connectivity index (χ1n) is 8.17. The summed E-state index contributed by atoms with van der Waals surface area (Å²) < 4.78 is 5.57. The van der Waals surface area contributed by atoms with Crippen molar-refractivity contribution in [2.45, 2.75) is 51.8 Å². The highest BCUT2D eigenvalue weighted by Crippen LogP contribution is 2.51. The van der Waals surface area contributed by atoms with E-state index in [0.717, 1.165) is 0 Å². The Labute approximate surface area is 150 Å². The van der Waals surface area contributed by atoms with Gasteiger partial charge in [-0.2, -0.15) is 0 Å². The first-order valence-corrected chi connectivity index (χ1v) is 9.05. The maximum absolute atomic E-state index is 12.5. The molecule has 1 aromatic heterocycles. The number of carboxylic acid groups (broad SMARTS) is 1. The van der Waals surface area contributed by atoms with Crippen LogP contribution in [0.15, 0.2) is 17.5 Å². The highest BCUT2D eigenvalue weighted by Gasteiger charge is 2.66. The highest BCUT2D eigenvalue weighted by molar-refractivity contribution is 7.12. The first-order chi connectivity index (χ1) is 11.7. The third-order valence-electron chi connectivity index (χ3n) is 4.95. The Bertz CT molecular complexity index is 658. The molecule has 3 N–H and O–H groups in total. The Morgan fingerprint density at radius 3 is 2.60 bits per heavy atom. The molecule has 1 aliphatic carbocycles. The second-order valence-corrected chi connectivity index (χ2v) is 7.69. The number of ether oxygens (including phenoxy) is 1. The molecule has 2 amide bonds. The number of aliphatic carboxylic acids is 1. The number of rotatable bonds is 7. The van der Waals surface area contributed by atoms with E-state index < -0.39 is 28.9 Å². The molecule has 0 saturated heterocycles.